The summed E-state index contributed by atoms with van der Waals surface area (Å²) in [7, 11) is 0. The minimum atomic E-state index is 0.653. The number of nitrogens with two attached hydrogens (primary N) is 1. The molecule has 3 rings (SSSR count). The molecular formula is C16H19IN4. The third-order valence-corrected chi connectivity index (χ3v) is 4.73. The highest BCUT2D eigenvalue weighted by molar-refractivity contribution is 14.1. The highest BCUT2D eigenvalue weighted by atomic mass is 127. The minimum Gasteiger partial charge on any atom is -0.341 e. The van der Waals surface area contributed by atoms with Crippen LogP contribution in [0.3, 0.4) is 0 Å². The van der Waals surface area contributed by atoms with Crippen molar-refractivity contribution < 1.29 is 0 Å². The highest BCUT2D eigenvalue weighted by Gasteiger charge is 2.20. The average Bonchev–Trinajstić information content (AvgIpc) is 2.56. The van der Waals surface area contributed by atoms with Crippen molar-refractivity contribution in [2.75, 3.05) is 24.5 Å². The first kappa shape index (κ1) is 14.7. The van der Waals surface area contributed by atoms with Gasteiger partial charge in [-0.15, -0.1) is 0 Å². The molecule has 1 aliphatic heterocycles. The Morgan fingerprint density at radius 2 is 1.86 bits per heavy atom. The Labute approximate surface area is 138 Å². The summed E-state index contributed by atoms with van der Waals surface area (Å²) in [6, 6.07) is 10.4. The van der Waals surface area contributed by atoms with Crippen molar-refractivity contribution in [1.29, 1.82) is 0 Å². The molecule has 4 nitrogen and oxygen atoms in total. The maximum atomic E-state index is 5.75. The van der Waals surface area contributed by atoms with Crippen LogP contribution in [0.4, 0.5) is 5.95 Å². The minimum absolute atomic E-state index is 0.653. The summed E-state index contributed by atoms with van der Waals surface area (Å²) in [5, 5.41) is 0. The summed E-state index contributed by atoms with van der Waals surface area (Å²) < 4.78 is 1.23. The van der Waals surface area contributed by atoms with Crippen molar-refractivity contribution in [1.82, 2.24) is 9.97 Å². The van der Waals surface area contributed by atoms with Crippen LogP contribution in [0.2, 0.25) is 0 Å². The van der Waals surface area contributed by atoms with Gasteiger partial charge in [0, 0.05) is 28.4 Å². The van der Waals surface area contributed by atoms with Gasteiger partial charge in [-0.1, -0.05) is 12.1 Å². The summed E-state index contributed by atoms with van der Waals surface area (Å²) >= 11 is 2.31. The van der Waals surface area contributed by atoms with Gasteiger partial charge in [0.15, 0.2) is 0 Å². The third kappa shape index (κ3) is 3.52. The second kappa shape index (κ2) is 6.70. The summed E-state index contributed by atoms with van der Waals surface area (Å²) in [5.41, 5.74) is 7.87. The molecule has 21 heavy (non-hydrogen) atoms. The smallest absolute Gasteiger partial charge is 0.225 e. The van der Waals surface area contributed by atoms with E-state index in [0.717, 1.165) is 49.7 Å². The topological polar surface area (TPSA) is 55.0 Å². The molecule has 0 atom stereocenters. The number of benzene rings is 1. The summed E-state index contributed by atoms with van der Waals surface area (Å²) in [6.45, 7) is 2.79. The molecular weight excluding hydrogens is 375 g/mol. The predicted molar refractivity (Wildman–Crippen MR) is 94.2 cm³/mol. The van der Waals surface area contributed by atoms with E-state index in [-0.39, 0.29) is 0 Å². The van der Waals surface area contributed by atoms with Gasteiger partial charge in [-0.05, 0) is 66.1 Å². The van der Waals surface area contributed by atoms with Gasteiger partial charge in [0.2, 0.25) is 5.95 Å². The van der Waals surface area contributed by atoms with Crippen LogP contribution in [-0.2, 0) is 0 Å². The fourth-order valence-corrected chi connectivity index (χ4v) is 3.01. The quantitative estimate of drug-likeness (QED) is 0.814. The Bertz CT molecular complexity index is 591. The van der Waals surface area contributed by atoms with Gasteiger partial charge in [-0.25, -0.2) is 9.97 Å². The zero-order valence-corrected chi connectivity index (χ0v) is 14.0. The molecule has 2 N–H and O–H groups in total. The lowest BCUT2D eigenvalue weighted by Gasteiger charge is -2.31. The van der Waals surface area contributed by atoms with Crippen molar-refractivity contribution >= 4 is 28.5 Å². The van der Waals surface area contributed by atoms with Crippen molar-refractivity contribution in [3.05, 3.63) is 40.1 Å². The zero-order chi connectivity index (χ0) is 14.7. The second-order valence-electron chi connectivity index (χ2n) is 5.41. The molecule has 0 aliphatic carbocycles. The van der Waals surface area contributed by atoms with Gasteiger partial charge in [0.1, 0.15) is 0 Å². The van der Waals surface area contributed by atoms with Crippen LogP contribution < -0.4 is 10.6 Å². The molecule has 0 bridgehead atoms. The molecule has 110 valence electrons. The van der Waals surface area contributed by atoms with E-state index in [0.29, 0.717) is 5.92 Å². The first-order valence-corrected chi connectivity index (χ1v) is 8.38. The summed E-state index contributed by atoms with van der Waals surface area (Å²) in [4.78, 5) is 11.4. The van der Waals surface area contributed by atoms with Crippen LogP contribution in [-0.4, -0.2) is 29.6 Å². The van der Waals surface area contributed by atoms with E-state index < -0.39 is 0 Å². The molecule has 1 saturated heterocycles. The Hall–Kier alpha value is -1.21. The Morgan fingerprint density at radius 1 is 1.14 bits per heavy atom. The molecule has 1 aliphatic rings. The van der Waals surface area contributed by atoms with E-state index in [1.807, 2.05) is 12.3 Å². The van der Waals surface area contributed by atoms with Gasteiger partial charge in [-0.3, -0.25) is 0 Å². The lowest BCUT2D eigenvalue weighted by Crippen LogP contribution is -2.37. The lowest BCUT2D eigenvalue weighted by atomic mass is 9.97. The fourth-order valence-electron chi connectivity index (χ4n) is 2.65. The van der Waals surface area contributed by atoms with Gasteiger partial charge < -0.3 is 10.6 Å². The van der Waals surface area contributed by atoms with Gasteiger partial charge in [-0.2, -0.15) is 0 Å². The van der Waals surface area contributed by atoms with E-state index >= 15 is 0 Å². The number of rotatable bonds is 3. The van der Waals surface area contributed by atoms with Crippen molar-refractivity contribution in [2.45, 2.75) is 12.8 Å². The van der Waals surface area contributed by atoms with Crippen LogP contribution in [0.5, 0.6) is 0 Å². The number of hydrogen-bond acceptors (Lipinski definition) is 4. The standard InChI is InChI=1S/C16H19IN4/c17-14-3-1-13(2-4-14)15-5-8-19-16(20-15)21-9-6-12(11-18)7-10-21/h1-5,8,12H,6-7,9-11,18H2. The number of piperidine rings is 1. The molecule has 0 saturated carbocycles. The van der Waals surface area contributed by atoms with Crippen molar-refractivity contribution in [2.24, 2.45) is 11.7 Å². The van der Waals surface area contributed by atoms with Crippen LogP contribution >= 0.6 is 22.6 Å². The molecule has 0 unspecified atom stereocenters. The van der Waals surface area contributed by atoms with Crippen LogP contribution in [0.25, 0.3) is 11.3 Å². The number of halogens is 1. The lowest BCUT2D eigenvalue weighted by molar-refractivity contribution is 0.411. The van der Waals surface area contributed by atoms with E-state index in [2.05, 4.69) is 56.7 Å². The molecule has 1 aromatic carbocycles. The Morgan fingerprint density at radius 3 is 2.52 bits per heavy atom. The normalized spacial score (nSPS) is 16.2. The average molecular weight is 394 g/mol. The zero-order valence-electron chi connectivity index (χ0n) is 11.9. The number of hydrogen-bond donors (Lipinski definition) is 1. The second-order valence-corrected chi connectivity index (χ2v) is 6.66. The maximum Gasteiger partial charge on any atom is 0.225 e. The molecule has 0 amide bonds. The molecule has 0 radical (unpaired) electrons. The van der Waals surface area contributed by atoms with Crippen LogP contribution in [0.1, 0.15) is 12.8 Å². The largest absolute Gasteiger partial charge is 0.341 e. The van der Waals surface area contributed by atoms with E-state index in [1.165, 1.54) is 3.57 Å². The van der Waals surface area contributed by atoms with E-state index in [1.54, 1.807) is 0 Å². The SMILES string of the molecule is NCC1CCN(c2nccc(-c3ccc(I)cc3)n2)CC1. The molecule has 1 fully saturated rings. The molecule has 1 aromatic heterocycles. The van der Waals surface area contributed by atoms with Crippen molar-refractivity contribution in [3.63, 3.8) is 0 Å². The number of nitrogens with zero attached hydrogens (tertiary/aromatic N) is 3. The monoisotopic (exact) mass is 394 g/mol. The Balaban J connectivity index is 1.79. The summed E-state index contributed by atoms with van der Waals surface area (Å²) in [6.07, 6.45) is 4.12. The third-order valence-electron chi connectivity index (χ3n) is 4.01. The highest BCUT2D eigenvalue weighted by Crippen LogP contribution is 2.23. The van der Waals surface area contributed by atoms with Crippen LogP contribution in [0.15, 0.2) is 36.5 Å². The Kier molecular flexibility index (Phi) is 4.70. The molecule has 5 heteroatoms. The molecule has 2 aromatic rings. The molecule has 0 spiro atoms. The predicted octanol–water partition coefficient (Wildman–Crippen LogP) is 2.92. The van der Waals surface area contributed by atoms with Gasteiger partial charge in [0.25, 0.3) is 0 Å². The van der Waals surface area contributed by atoms with Crippen molar-refractivity contribution in [3.8, 4) is 11.3 Å². The maximum absolute atomic E-state index is 5.75. The van der Waals surface area contributed by atoms with Gasteiger partial charge in [0.05, 0.1) is 5.69 Å². The van der Waals surface area contributed by atoms with E-state index in [9.17, 15) is 0 Å². The number of anilines is 1. The fraction of sp³-hybridized carbons (Fsp3) is 0.375. The first-order valence-electron chi connectivity index (χ1n) is 7.30. The first-order chi connectivity index (χ1) is 10.3. The van der Waals surface area contributed by atoms with Crippen LogP contribution in [0, 0.1) is 9.49 Å². The van der Waals surface area contributed by atoms with Gasteiger partial charge >= 0.3 is 0 Å². The summed E-state index contributed by atoms with van der Waals surface area (Å²) in [5.74, 6) is 1.49. The molecule has 2 heterocycles. The number of aromatic nitrogens is 2. The van der Waals surface area contributed by atoms with E-state index in [4.69, 9.17) is 10.7 Å².